The van der Waals surface area contributed by atoms with Crippen molar-refractivity contribution in [1.82, 2.24) is 0 Å². The maximum Gasteiger partial charge on any atom is 0.456 e. The highest BCUT2D eigenvalue weighted by Gasteiger charge is 2.58. The van der Waals surface area contributed by atoms with Crippen LogP contribution < -0.4 is 20.1 Å². The molecule has 1 aliphatic heterocycles. The number of ether oxygens (including phenoxy) is 1. The molecule has 0 amide bonds. The number of sulfonamides is 1. The number of nitrogens with one attached hydrogen (secondary N) is 1. The van der Waals surface area contributed by atoms with Crippen LogP contribution in [-0.2, 0) is 10.0 Å². The molecule has 3 atom stereocenters. The largest absolute Gasteiger partial charge is 0.487 e. The third-order valence-corrected chi connectivity index (χ3v) is 7.96. The molecule has 12 heteroatoms. The normalized spacial score (nSPS) is 21.1. The first kappa shape index (κ1) is 26.2. The average Bonchev–Trinajstić information content (AvgIpc) is 3.59. The van der Waals surface area contributed by atoms with Crippen molar-refractivity contribution in [3.63, 3.8) is 0 Å². The van der Waals surface area contributed by atoms with Crippen molar-refractivity contribution in [3.05, 3.63) is 72.3 Å². The third kappa shape index (κ3) is 4.90. The van der Waals surface area contributed by atoms with Crippen LogP contribution in [-0.4, -0.2) is 40.3 Å². The number of halogens is 5. The maximum absolute atomic E-state index is 13.1. The molecule has 5 rings (SSSR count). The van der Waals surface area contributed by atoms with Crippen LogP contribution in [0.15, 0.2) is 71.6 Å². The van der Waals surface area contributed by atoms with E-state index in [9.17, 15) is 30.4 Å². The molecule has 2 aliphatic rings. The zero-order valence-electron chi connectivity index (χ0n) is 20.0. The number of nitrogens with zero attached hydrogens (tertiary/aromatic N) is 1. The molecule has 3 aromatic rings. The van der Waals surface area contributed by atoms with E-state index in [-0.39, 0.29) is 28.6 Å². The molecule has 1 heterocycles. The Kier molecular flexibility index (Phi) is 6.30. The fourth-order valence-electron chi connectivity index (χ4n) is 4.88. The minimum atomic E-state index is -5.67. The Balaban J connectivity index is 1.27. The second-order valence-corrected chi connectivity index (χ2v) is 11.1. The van der Waals surface area contributed by atoms with Crippen molar-refractivity contribution >= 4 is 21.4 Å². The van der Waals surface area contributed by atoms with Gasteiger partial charge >= 0.3 is 12.1 Å². The summed E-state index contributed by atoms with van der Waals surface area (Å²) in [6.45, 7) is -1.78. The SMILES string of the molecule is CN1c2cc(-c3ccccc3S(N)(=O)=O)ccc2NC1C1CC1c1ccc(OCC(F)(F)C(F)(F)F)cc1. The molecule has 0 spiro atoms. The lowest BCUT2D eigenvalue weighted by molar-refractivity contribution is -0.290. The number of fused-ring (bicyclic) bond motifs is 1. The smallest absolute Gasteiger partial charge is 0.456 e. The van der Waals surface area contributed by atoms with Gasteiger partial charge in [0.2, 0.25) is 10.0 Å². The highest BCUT2D eigenvalue weighted by atomic mass is 32.2. The molecular weight excluding hydrogens is 529 g/mol. The molecule has 0 bridgehead atoms. The molecule has 38 heavy (non-hydrogen) atoms. The Bertz CT molecular complexity index is 1460. The molecular formula is C26H24F5N3O3S. The first-order chi connectivity index (χ1) is 17.8. The summed E-state index contributed by atoms with van der Waals surface area (Å²) < 4.78 is 92.0. The van der Waals surface area contributed by atoms with Gasteiger partial charge in [-0.1, -0.05) is 36.4 Å². The lowest BCUT2D eigenvalue weighted by Gasteiger charge is -2.23. The van der Waals surface area contributed by atoms with Crippen molar-refractivity contribution in [3.8, 4) is 16.9 Å². The van der Waals surface area contributed by atoms with Crippen molar-refractivity contribution in [2.24, 2.45) is 11.1 Å². The van der Waals surface area contributed by atoms with Crippen LogP contribution >= 0.6 is 0 Å². The summed E-state index contributed by atoms with van der Waals surface area (Å²) in [6, 6.07) is 18.3. The van der Waals surface area contributed by atoms with Crippen molar-refractivity contribution < 1.29 is 35.1 Å². The molecule has 202 valence electrons. The Morgan fingerprint density at radius 1 is 1.03 bits per heavy atom. The van der Waals surface area contributed by atoms with E-state index in [0.717, 1.165) is 23.4 Å². The maximum atomic E-state index is 13.1. The first-order valence-corrected chi connectivity index (χ1v) is 13.2. The molecule has 6 nitrogen and oxygen atoms in total. The van der Waals surface area contributed by atoms with Gasteiger partial charge in [0.25, 0.3) is 0 Å². The van der Waals surface area contributed by atoms with Gasteiger partial charge in [-0.05, 0) is 53.8 Å². The van der Waals surface area contributed by atoms with E-state index in [2.05, 4.69) is 15.0 Å². The van der Waals surface area contributed by atoms with E-state index in [1.54, 1.807) is 30.3 Å². The minimum absolute atomic E-state index is 0.0415. The van der Waals surface area contributed by atoms with Gasteiger partial charge in [0.15, 0.2) is 6.61 Å². The Morgan fingerprint density at radius 3 is 2.37 bits per heavy atom. The molecule has 3 N–H and O–H groups in total. The number of rotatable bonds is 7. The number of benzene rings is 3. The standard InChI is InChI=1S/C26H24F5N3O3S/c1-34-22-12-16(18-4-2-3-5-23(18)38(32,35)36)8-11-21(22)33-24(34)20-13-19(20)15-6-9-17(10-7-15)37-14-25(27,28)26(29,30)31/h2-12,19-20,24,33H,13-14H2,1H3,(H2,32,35,36). The summed E-state index contributed by atoms with van der Waals surface area (Å²) >= 11 is 0. The quantitative estimate of drug-likeness (QED) is 0.374. The van der Waals surface area contributed by atoms with Gasteiger partial charge < -0.3 is 15.0 Å². The predicted molar refractivity (Wildman–Crippen MR) is 133 cm³/mol. The summed E-state index contributed by atoms with van der Waals surface area (Å²) in [5.41, 5.74) is 3.95. The van der Waals surface area contributed by atoms with Gasteiger partial charge in [0, 0.05) is 18.5 Å². The second kappa shape index (κ2) is 9.12. The molecule has 3 aromatic carbocycles. The van der Waals surface area contributed by atoms with Crippen molar-refractivity contribution in [2.45, 2.75) is 35.5 Å². The average molecular weight is 554 g/mol. The lowest BCUT2D eigenvalue weighted by atomic mass is 10.0. The number of anilines is 2. The third-order valence-electron chi connectivity index (χ3n) is 6.99. The number of nitrogens with two attached hydrogens (primary N) is 1. The Hall–Kier alpha value is -3.38. The summed E-state index contributed by atoms with van der Waals surface area (Å²) in [5, 5.41) is 8.90. The van der Waals surface area contributed by atoms with E-state index in [0.29, 0.717) is 11.1 Å². The molecule has 1 fully saturated rings. The van der Waals surface area contributed by atoms with E-state index < -0.39 is 28.7 Å². The van der Waals surface area contributed by atoms with Crippen LogP contribution in [0.25, 0.3) is 11.1 Å². The van der Waals surface area contributed by atoms with Crippen molar-refractivity contribution in [2.75, 3.05) is 23.9 Å². The van der Waals surface area contributed by atoms with E-state index >= 15 is 0 Å². The fourth-order valence-corrected chi connectivity index (χ4v) is 5.64. The van der Waals surface area contributed by atoms with Crippen LogP contribution in [0.5, 0.6) is 5.75 Å². The Labute approximate surface area is 216 Å². The highest BCUT2D eigenvalue weighted by Crippen LogP contribution is 2.54. The molecule has 3 unspecified atom stereocenters. The summed E-state index contributed by atoms with van der Waals surface area (Å²) in [7, 11) is -1.97. The number of alkyl halides is 5. The van der Waals surface area contributed by atoms with Crippen LogP contribution in [0, 0.1) is 5.92 Å². The van der Waals surface area contributed by atoms with E-state index in [1.807, 2.05) is 25.2 Å². The van der Waals surface area contributed by atoms with Gasteiger partial charge in [-0.25, -0.2) is 13.6 Å². The number of hydrogen-bond acceptors (Lipinski definition) is 5. The van der Waals surface area contributed by atoms with Crippen LogP contribution in [0.2, 0.25) is 0 Å². The predicted octanol–water partition coefficient (Wildman–Crippen LogP) is 5.57. The summed E-state index contributed by atoms with van der Waals surface area (Å²) in [4.78, 5) is 2.13. The van der Waals surface area contributed by atoms with Gasteiger partial charge in [-0.2, -0.15) is 22.0 Å². The zero-order valence-corrected chi connectivity index (χ0v) is 20.9. The molecule has 0 aromatic heterocycles. The molecule has 1 saturated carbocycles. The van der Waals surface area contributed by atoms with Crippen molar-refractivity contribution in [1.29, 1.82) is 0 Å². The van der Waals surface area contributed by atoms with Crippen LogP contribution in [0.4, 0.5) is 33.3 Å². The molecule has 1 aliphatic carbocycles. The van der Waals surface area contributed by atoms with Crippen LogP contribution in [0.3, 0.4) is 0 Å². The van der Waals surface area contributed by atoms with Gasteiger partial charge in [-0.3, -0.25) is 0 Å². The highest BCUT2D eigenvalue weighted by molar-refractivity contribution is 7.89. The lowest BCUT2D eigenvalue weighted by Crippen LogP contribution is -2.41. The topological polar surface area (TPSA) is 84.7 Å². The second-order valence-electron chi connectivity index (χ2n) is 9.54. The molecule has 0 saturated heterocycles. The monoisotopic (exact) mass is 553 g/mol. The number of primary sulfonamides is 1. The van der Waals surface area contributed by atoms with Crippen LogP contribution in [0.1, 0.15) is 17.9 Å². The zero-order chi connectivity index (χ0) is 27.5. The van der Waals surface area contributed by atoms with Gasteiger partial charge in [0.1, 0.15) is 11.9 Å². The number of hydrogen-bond donors (Lipinski definition) is 2. The Morgan fingerprint density at radius 2 is 1.71 bits per heavy atom. The van der Waals surface area contributed by atoms with E-state index in [4.69, 9.17) is 5.14 Å². The molecule has 0 radical (unpaired) electrons. The fraction of sp³-hybridized carbons (Fsp3) is 0.308. The summed E-state index contributed by atoms with van der Waals surface area (Å²) in [6.07, 6.45) is -4.86. The first-order valence-electron chi connectivity index (χ1n) is 11.7. The minimum Gasteiger partial charge on any atom is -0.487 e. The van der Waals surface area contributed by atoms with Gasteiger partial charge in [-0.15, -0.1) is 0 Å². The van der Waals surface area contributed by atoms with Gasteiger partial charge in [0.05, 0.1) is 16.3 Å². The summed E-state index contributed by atoms with van der Waals surface area (Å²) in [5.74, 6) is -4.61. The van der Waals surface area contributed by atoms with E-state index in [1.165, 1.54) is 18.2 Å².